The van der Waals surface area contributed by atoms with Gasteiger partial charge >= 0.3 is 0 Å². The molecule has 4 N–H and O–H groups in total. The maximum atomic E-state index is 10.0. The number of thiophene rings is 1. The second kappa shape index (κ2) is 5.78. The zero-order chi connectivity index (χ0) is 15.5. The molecule has 0 aliphatic rings. The third kappa shape index (κ3) is 2.59. The van der Waals surface area contributed by atoms with Gasteiger partial charge in [0.1, 0.15) is 5.52 Å². The van der Waals surface area contributed by atoms with Crippen molar-refractivity contribution in [3.05, 3.63) is 57.8 Å². The molecule has 0 aliphatic carbocycles. The number of para-hydroxylation sites is 2. The van der Waals surface area contributed by atoms with E-state index in [-0.39, 0.29) is 17.0 Å². The average molecular weight is 312 g/mol. The number of nitrogens with two attached hydrogens (primary N) is 1. The lowest BCUT2D eigenvalue weighted by Gasteiger charge is -2.06. The molecule has 0 spiro atoms. The van der Waals surface area contributed by atoms with Gasteiger partial charge in [-0.3, -0.25) is 5.41 Å². The highest BCUT2D eigenvalue weighted by molar-refractivity contribution is 7.11. The van der Waals surface area contributed by atoms with Gasteiger partial charge in [-0.15, -0.1) is 16.4 Å². The van der Waals surface area contributed by atoms with Crippen molar-refractivity contribution in [3.8, 4) is 0 Å². The summed E-state index contributed by atoms with van der Waals surface area (Å²) in [4.78, 5) is 5.19. The molecule has 3 rings (SSSR count). The van der Waals surface area contributed by atoms with E-state index in [1.54, 1.807) is 30.5 Å². The van der Waals surface area contributed by atoms with E-state index >= 15 is 0 Å². The first-order valence-electron chi connectivity index (χ1n) is 6.33. The van der Waals surface area contributed by atoms with Crippen LogP contribution in [0.2, 0.25) is 0 Å². The standard InChI is InChI=1S/C14H12N6OS/c15-13(19-17-8-9-4-3-7-22-9)12-14(16)20(21)11-6-2-1-5-10(11)18-12/h1-8,16,21H,(H2,15,19)/b16-14?,17-8-. The third-order valence-corrected chi connectivity index (χ3v) is 3.72. The van der Waals surface area contributed by atoms with Crippen LogP contribution in [0.5, 0.6) is 0 Å². The highest BCUT2D eigenvalue weighted by Crippen LogP contribution is 2.08. The maximum Gasteiger partial charge on any atom is 0.191 e. The summed E-state index contributed by atoms with van der Waals surface area (Å²) in [5.74, 6) is -0.0358. The molecule has 0 saturated heterocycles. The number of fused-ring (bicyclic) bond motifs is 1. The summed E-state index contributed by atoms with van der Waals surface area (Å²) in [6.45, 7) is 0. The summed E-state index contributed by atoms with van der Waals surface area (Å²) in [7, 11) is 0. The van der Waals surface area contributed by atoms with Crippen molar-refractivity contribution in [2.45, 2.75) is 0 Å². The van der Waals surface area contributed by atoms with E-state index in [4.69, 9.17) is 11.1 Å². The Morgan fingerprint density at radius 3 is 2.91 bits per heavy atom. The Balaban J connectivity index is 2.02. The van der Waals surface area contributed by atoms with E-state index in [9.17, 15) is 5.21 Å². The minimum atomic E-state index is -0.244. The fourth-order valence-electron chi connectivity index (χ4n) is 1.87. The number of benzene rings is 1. The number of nitrogens with zero attached hydrogens (tertiary/aromatic N) is 4. The van der Waals surface area contributed by atoms with Crippen LogP contribution in [0.15, 0.2) is 52.0 Å². The maximum absolute atomic E-state index is 10.0. The quantitative estimate of drug-likeness (QED) is 0.295. The third-order valence-electron chi connectivity index (χ3n) is 2.91. The van der Waals surface area contributed by atoms with Gasteiger partial charge in [-0.25, -0.2) is 4.98 Å². The van der Waals surface area contributed by atoms with Gasteiger partial charge in [-0.05, 0) is 23.6 Å². The van der Waals surface area contributed by atoms with E-state index in [0.29, 0.717) is 11.0 Å². The van der Waals surface area contributed by atoms with Crippen LogP contribution < -0.4 is 11.2 Å². The summed E-state index contributed by atoms with van der Waals surface area (Å²) in [6, 6.07) is 10.7. The zero-order valence-electron chi connectivity index (χ0n) is 11.3. The highest BCUT2D eigenvalue weighted by Gasteiger charge is 2.10. The summed E-state index contributed by atoms with van der Waals surface area (Å²) < 4.78 is 0.725. The lowest BCUT2D eigenvalue weighted by Crippen LogP contribution is -2.31. The fourth-order valence-corrected chi connectivity index (χ4v) is 2.45. The van der Waals surface area contributed by atoms with Crippen LogP contribution in [0.3, 0.4) is 0 Å². The van der Waals surface area contributed by atoms with E-state index < -0.39 is 0 Å². The van der Waals surface area contributed by atoms with Gasteiger partial charge in [-0.2, -0.15) is 9.83 Å². The first-order chi connectivity index (χ1) is 10.7. The van der Waals surface area contributed by atoms with Crippen molar-refractivity contribution >= 4 is 34.4 Å². The number of hydrogen-bond acceptors (Lipinski definition) is 6. The van der Waals surface area contributed by atoms with Gasteiger partial charge in [0.05, 0.1) is 11.7 Å². The van der Waals surface area contributed by atoms with Crippen molar-refractivity contribution in [1.29, 1.82) is 5.41 Å². The van der Waals surface area contributed by atoms with Crippen LogP contribution >= 0.6 is 11.3 Å². The monoisotopic (exact) mass is 312 g/mol. The molecule has 0 aliphatic heterocycles. The molecular weight excluding hydrogens is 300 g/mol. The normalized spacial score (nSPS) is 12.3. The van der Waals surface area contributed by atoms with Gasteiger partial charge in [0.2, 0.25) is 0 Å². The molecule has 0 atom stereocenters. The first kappa shape index (κ1) is 14.0. The Kier molecular flexibility index (Phi) is 3.67. The predicted molar refractivity (Wildman–Crippen MR) is 85.4 cm³/mol. The summed E-state index contributed by atoms with van der Waals surface area (Å²) >= 11 is 1.52. The Hall–Kier alpha value is -3.00. The fraction of sp³-hybridized carbons (Fsp3) is 0. The summed E-state index contributed by atoms with van der Waals surface area (Å²) in [6.07, 6.45) is 1.56. The van der Waals surface area contributed by atoms with Gasteiger partial charge < -0.3 is 10.9 Å². The molecule has 2 aromatic heterocycles. The van der Waals surface area contributed by atoms with Gasteiger partial charge in [-0.1, -0.05) is 18.2 Å². The SMILES string of the molecule is N=c1c(C(N)=N/N=C\c2cccs2)nc2ccccc2n1O. The Labute approximate surface area is 129 Å². The smallest absolute Gasteiger partial charge is 0.191 e. The zero-order valence-corrected chi connectivity index (χ0v) is 12.2. The number of hydrogen-bond donors (Lipinski definition) is 3. The van der Waals surface area contributed by atoms with Crippen molar-refractivity contribution in [1.82, 2.24) is 9.71 Å². The Bertz CT molecular complexity index is 926. The van der Waals surface area contributed by atoms with Crippen LogP contribution in [0.4, 0.5) is 0 Å². The minimum Gasteiger partial charge on any atom is -0.426 e. The molecule has 2 heterocycles. The van der Waals surface area contributed by atoms with Crippen LogP contribution in [0, 0.1) is 5.41 Å². The second-order valence-corrected chi connectivity index (χ2v) is 5.33. The molecule has 0 amide bonds. The van der Waals surface area contributed by atoms with E-state index in [1.807, 2.05) is 17.5 Å². The molecule has 0 radical (unpaired) electrons. The van der Waals surface area contributed by atoms with Gasteiger partial charge in [0, 0.05) is 4.88 Å². The predicted octanol–water partition coefficient (Wildman–Crippen LogP) is 1.55. The van der Waals surface area contributed by atoms with Crippen LogP contribution in [0.1, 0.15) is 10.6 Å². The van der Waals surface area contributed by atoms with Crippen molar-refractivity contribution in [2.75, 3.05) is 0 Å². The average Bonchev–Trinajstić information content (AvgIpc) is 3.04. The Morgan fingerprint density at radius 2 is 2.14 bits per heavy atom. The number of amidine groups is 1. The number of aromatic nitrogens is 2. The molecule has 110 valence electrons. The molecule has 22 heavy (non-hydrogen) atoms. The molecule has 0 saturated carbocycles. The van der Waals surface area contributed by atoms with E-state index in [0.717, 1.165) is 9.61 Å². The van der Waals surface area contributed by atoms with Gasteiger partial charge in [0.25, 0.3) is 0 Å². The minimum absolute atomic E-state index is 0.0358. The number of rotatable bonds is 3. The van der Waals surface area contributed by atoms with Crippen molar-refractivity contribution in [3.63, 3.8) is 0 Å². The highest BCUT2D eigenvalue weighted by atomic mass is 32.1. The second-order valence-electron chi connectivity index (χ2n) is 4.35. The van der Waals surface area contributed by atoms with E-state index in [1.165, 1.54) is 11.3 Å². The van der Waals surface area contributed by atoms with Crippen LogP contribution in [-0.4, -0.2) is 27.0 Å². The Morgan fingerprint density at radius 1 is 1.32 bits per heavy atom. The van der Waals surface area contributed by atoms with Crippen molar-refractivity contribution in [2.24, 2.45) is 15.9 Å². The molecule has 1 aromatic carbocycles. The molecule has 0 unspecified atom stereocenters. The van der Waals surface area contributed by atoms with Crippen LogP contribution in [0.25, 0.3) is 11.0 Å². The summed E-state index contributed by atoms with van der Waals surface area (Å²) in [5, 5.41) is 27.6. The lowest BCUT2D eigenvalue weighted by molar-refractivity contribution is 0.183. The summed E-state index contributed by atoms with van der Waals surface area (Å²) in [5.41, 5.74) is 6.59. The molecular formula is C14H12N6OS. The van der Waals surface area contributed by atoms with Crippen molar-refractivity contribution < 1.29 is 5.21 Å². The molecule has 0 bridgehead atoms. The first-order valence-corrected chi connectivity index (χ1v) is 7.21. The number of nitrogens with one attached hydrogen (secondary N) is 1. The molecule has 8 heteroatoms. The molecule has 0 fully saturated rings. The largest absolute Gasteiger partial charge is 0.426 e. The topological polar surface area (TPSA) is 113 Å². The molecule has 3 aromatic rings. The van der Waals surface area contributed by atoms with Crippen LogP contribution in [-0.2, 0) is 0 Å². The van der Waals surface area contributed by atoms with E-state index in [2.05, 4.69) is 15.2 Å². The lowest BCUT2D eigenvalue weighted by atomic mass is 10.3. The molecule has 7 nitrogen and oxygen atoms in total. The van der Waals surface area contributed by atoms with Gasteiger partial charge in [0.15, 0.2) is 17.0 Å².